The van der Waals surface area contributed by atoms with Gasteiger partial charge in [0.25, 0.3) is 0 Å². The zero-order chi connectivity index (χ0) is 11.2. The number of ether oxygens (including phenoxy) is 2. The smallest absolute Gasteiger partial charge is 0.330 e. The van der Waals surface area contributed by atoms with E-state index in [0.717, 1.165) is 24.7 Å². The highest BCUT2D eigenvalue weighted by molar-refractivity contribution is 5.81. The van der Waals surface area contributed by atoms with Crippen LogP contribution in [-0.4, -0.2) is 24.3 Å². The van der Waals surface area contributed by atoms with Crippen molar-refractivity contribution in [1.29, 1.82) is 0 Å². The van der Waals surface area contributed by atoms with Gasteiger partial charge in [0, 0.05) is 6.08 Å². The molecule has 16 heavy (non-hydrogen) atoms. The van der Waals surface area contributed by atoms with Crippen LogP contribution in [0, 0.1) is 11.8 Å². The van der Waals surface area contributed by atoms with E-state index in [-0.39, 0.29) is 11.6 Å². The van der Waals surface area contributed by atoms with Gasteiger partial charge in [-0.15, -0.1) is 0 Å². The van der Waals surface area contributed by atoms with Gasteiger partial charge in [-0.05, 0) is 43.9 Å². The topological polar surface area (TPSA) is 35.5 Å². The van der Waals surface area contributed by atoms with Crippen molar-refractivity contribution in [2.75, 3.05) is 6.61 Å². The van der Waals surface area contributed by atoms with Crippen molar-refractivity contribution in [2.24, 2.45) is 11.8 Å². The summed E-state index contributed by atoms with van der Waals surface area (Å²) in [4.78, 5) is 11.1. The van der Waals surface area contributed by atoms with Gasteiger partial charge in [0.15, 0.2) is 0 Å². The summed E-state index contributed by atoms with van der Waals surface area (Å²) in [5.74, 6) is 1.27. The molecule has 2 saturated heterocycles. The second-order valence-electron chi connectivity index (χ2n) is 5.58. The molecule has 3 nitrogen and oxygen atoms in total. The van der Waals surface area contributed by atoms with Crippen LogP contribution in [0.25, 0.3) is 0 Å². The van der Waals surface area contributed by atoms with Gasteiger partial charge in [-0.3, -0.25) is 0 Å². The van der Waals surface area contributed by atoms with Crippen LogP contribution in [0.2, 0.25) is 0 Å². The van der Waals surface area contributed by atoms with Crippen molar-refractivity contribution in [2.45, 2.75) is 43.8 Å². The molecule has 2 saturated carbocycles. The number of carbonyl (C=O) groups is 1. The van der Waals surface area contributed by atoms with Crippen LogP contribution in [-0.2, 0) is 14.3 Å². The second kappa shape index (κ2) is 3.59. The van der Waals surface area contributed by atoms with Crippen LogP contribution in [0.5, 0.6) is 0 Å². The maximum atomic E-state index is 11.1. The Morgan fingerprint density at radius 3 is 2.62 bits per heavy atom. The Bertz CT molecular complexity index is 286. The zero-order valence-corrected chi connectivity index (χ0v) is 9.48. The highest BCUT2D eigenvalue weighted by Gasteiger charge is 2.52. The first-order valence-corrected chi connectivity index (χ1v) is 6.16. The quantitative estimate of drug-likeness (QED) is 0.541. The van der Waals surface area contributed by atoms with Gasteiger partial charge in [-0.2, -0.15) is 0 Å². The largest absolute Gasteiger partial charge is 0.459 e. The highest BCUT2D eigenvalue weighted by Crippen LogP contribution is 2.53. The van der Waals surface area contributed by atoms with Gasteiger partial charge in [0.05, 0.1) is 6.10 Å². The lowest BCUT2D eigenvalue weighted by molar-refractivity contribution is -0.236. The van der Waals surface area contributed by atoms with E-state index in [1.165, 1.54) is 25.3 Å². The minimum absolute atomic E-state index is 0.159. The summed E-state index contributed by atoms with van der Waals surface area (Å²) in [7, 11) is 0. The fourth-order valence-electron chi connectivity index (χ4n) is 3.93. The molecule has 3 heteroatoms. The lowest BCUT2D eigenvalue weighted by atomic mass is 9.62. The van der Waals surface area contributed by atoms with E-state index in [1.54, 1.807) is 0 Å². The Morgan fingerprint density at radius 2 is 2.06 bits per heavy atom. The third kappa shape index (κ3) is 1.67. The van der Waals surface area contributed by atoms with Gasteiger partial charge >= 0.3 is 5.97 Å². The molecule has 0 aromatic heterocycles. The summed E-state index contributed by atoms with van der Waals surface area (Å²) in [6, 6.07) is 0. The van der Waals surface area contributed by atoms with Gasteiger partial charge in [-0.1, -0.05) is 6.58 Å². The molecule has 2 aliphatic carbocycles. The summed E-state index contributed by atoms with van der Waals surface area (Å²) in [5.41, 5.74) is -0.159. The fraction of sp³-hybridized carbons (Fsp3) is 0.769. The molecule has 0 N–H and O–H groups in total. The normalized spacial score (nSPS) is 44.4. The van der Waals surface area contributed by atoms with Crippen molar-refractivity contribution in [3.8, 4) is 0 Å². The van der Waals surface area contributed by atoms with Crippen molar-refractivity contribution < 1.29 is 14.3 Å². The van der Waals surface area contributed by atoms with E-state index in [9.17, 15) is 4.79 Å². The van der Waals surface area contributed by atoms with E-state index in [0.29, 0.717) is 12.7 Å². The molecule has 2 heterocycles. The van der Waals surface area contributed by atoms with Crippen molar-refractivity contribution in [3.63, 3.8) is 0 Å². The number of hydrogen-bond donors (Lipinski definition) is 0. The molecule has 2 unspecified atom stereocenters. The lowest BCUT2D eigenvalue weighted by Gasteiger charge is -2.56. The minimum atomic E-state index is -0.334. The third-order valence-electron chi connectivity index (χ3n) is 4.24. The number of rotatable bonds is 3. The van der Waals surface area contributed by atoms with Crippen LogP contribution in [0.3, 0.4) is 0 Å². The Labute approximate surface area is 95.8 Å². The average Bonchev–Trinajstić information content (AvgIpc) is 2.24. The molecule has 4 bridgehead atoms. The SMILES string of the molecule is C=CC(=O)OCC12CC3CC(CC(C3)O1)C2. The van der Waals surface area contributed by atoms with Crippen LogP contribution in [0.1, 0.15) is 32.1 Å². The second-order valence-corrected chi connectivity index (χ2v) is 5.58. The number of esters is 1. The Hall–Kier alpha value is -0.830. The van der Waals surface area contributed by atoms with Crippen molar-refractivity contribution in [3.05, 3.63) is 12.7 Å². The van der Waals surface area contributed by atoms with E-state index in [4.69, 9.17) is 9.47 Å². The van der Waals surface area contributed by atoms with Crippen LogP contribution in [0.15, 0.2) is 12.7 Å². The monoisotopic (exact) mass is 222 g/mol. The molecule has 2 atom stereocenters. The molecule has 88 valence electrons. The van der Waals surface area contributed by atoms with E-state index in [2.05, 4.69) is 6.58 Å². The Morgan fingerprint density at radius 1 is 1.38 bits per heavy atom. The molecule has 4 fully saturated rings. The van der Waals surface area contributed by atoms with E-state index >= 15 is 0 Å². The first kappa shape index (κ1) is 10.3. The van der Waals surface area contributed by atoms with Crippen LogP contribution in [0.4, 0.5) is 0 Å². The number of hydrogen-bond acceptors (Lipinski definition) is 3. The highest BCUT2D eigenvalue weighted by atomic mass is 16.6. The summed E-state index contributed by atoms with van der Waals surface area (Å²) in [5, 5.41) is 0. The summed E-state index contributed by atoms with van der Waals surface area (Å²) >= 11 is 0. The Balaban J connectivity index is 1.69. The zero-order valence-electron chi connectivity index (χ0n) is 9.48. The summed E-state index contributed by atoms with van der Waals surface area (Å²) in [6.07, 6.45) is 7.59. The maximum Gasteiger partial charge on any atom is 0.330 e. The minimum Gasteiger partial charge on any atom is -0.459 e. The van der Waals surface area contributed by atoms with Crippen molar-refractivity contribution in [1.82, 2.24) is 0 Å². The molecule has 0 amide bonds. The molecule has 4 aliphatic rings. The molecular weight excluding hydrogens is 204 g/mol. The van der Waals surface area contributed by atoms with Crippen molar-refractivity contribution >= 4 is 5.97 Å². The molecular formula is C13H18O3. The molecule has 0 spiro atoms. The first-order chi connectivity index (χ1) is 7.69. The van der Waals surface area contributed by atoms with E-state index in [1.807, 2.05) is 0 Å². The van der Waals surface area contributed by atoms with Crippen LogP contribution >= 0.6 is 0 Å². The van der Waals surface area contributed by atoms with Gasteiger partial charge < -0.3 is 9.47 Å². The van der Waals surface area contributed by atoms with Crippen LogP contribution < -0.4 is 0 Å². The molecule has 0 radical (unpaired) electrons. The summed E-state index contributed by atoms with van der Waals surface area (Å²) in [6.45, 7) is 3.83. The maximum absolute atomic E-state index is 11.1. The summed E-state index contributed by atoms with van der Waals surface area (Å²) < 4.78 is 11.3. The molecule has 2 aliphatic heterocycles. The molecule has 4 rings (SSSR count). The predicted molar refractivity (Wildman–Crippen MR) is 58.8 cm³/mol. The standard InChI is InChI=1S/C13H18O3/c1-2-12(14)15-8-13-6-9-3-10(7-13)5-11(4-9)16-13/h2,9-11H,1,3-8H2. The lowest BCUT2D eigenvalue weighted by Crippen LogP contribution is -2.57. The fourth-order valence-corrected chi connectivity index (χ4v) is 3.93. The molecule has 0 aromatic carbocycles. The van der Waals surface area contributed by atoms with E-state index < -0.39 is 0 Å². The third-order valence-corrected chi connectivity index (χ3v) is 4.24. The predicted octanol–water partition coefficient (Wildman–Crippen LogP) is 2.06. The Kier molecular flexibility index (Phi) is 2.32. The first-order valence-electron chi connectivity index (χ1n) is 6.16. The van der Waals surface area contributed by atoms with Gasteiger partial charge in [0.1, 0.15) is 12.2 Å². The van der Waals surface area contributed by atoms with Gasteiger partial charge in [-0.25, -0.2) is 4.79 Å². The van der Waals surface area contributed by atoms with Gasteiger partial charge in [0.2, 0.25) is 0 Å². The molecule has 0 aromatic rings. The number of carbonyl (C=O) groups excluding carboxylic acids is 1. The average molecular weight is 222 g/mol.